The predicted molar refractivity (Wildman–Crippen MR) is 76.9 cm³/mol. The smallest absolute Gasteiger partial charge is 0.303 e. The molecule has 1 aromatic rings. The van der Waals surface area contributed by atoms with Crippen LogP contribution in [0.4, 0.5) is 5.69 Å². The highest BCUT2D eigenvalue weighted by molar-refractivity contribution is 5.90. The summed E-state index contributed by atoms with van der Waals surface area (Å²) in [6.45, 7) is 4.35. The second-order valence-corrected chi connectivity index (χ2v) is 5.02. The Morgan fingerprint density at radius 3 is 2.45 bits per heavy atom. The van der Waals surface area contributed by atoms with Crippen molar-refractivity contribution in [2.45, 2.75) is 33.1 Å². The summed E-state index contributed by atoms with van der Waals surface area (Å²) in [6, 6.07) is 7.05. The van der Waals surface area contributed by atoms with Gasteiger partial charge in [-0.2, -0.15) is 0 Å². The lowest BCUT2D eigenvalue weighted by molar-refractivity contribution is -0.137. The maximum absolute atomic E-state index is 11.6. The van der Waals surface area contributed by atoms with Crippen molar-refractivity contribution in [3.05, 3.63) is 24.3 Å². The summed E-state index contributed by atoms with van der Waals surface area (Å²) in [7, 11) is 0. The van der Waals surface area contributed by atoms with Gasteiger partial charge in [0.15, 0.2) is 0 Å². The molecule has 0 heterocycles. The third kappa shape index (κ3) is 6.78. The molecule has 0 unspecified atom stereocenters. The zero-order chi connectivity index (χ0) is 15.0. The molecule has 0 saturated heterocycles. The van der Waals surface area contributed by atoms with Crippen LogP contribution in [0.2, 0.25) is 0 Å². The summed E-state index contributed by atoms with van der Waals surface area (Å²) in [5, 5.41) is 11.3. The molecule has 0 aliphatic rings. The van der Waals surface area contributed by atoms with Crippen LogP contribution < -0.4 is 10.1 Å². The topological polar surface area (TPSA) is 75.6 Å². The van der Waals surface area contributed by atoms with Crippen LogP contribution in [0.15, 0.2) is 24.3 Å². The van der Waals surface area contributed by atoms with Gasteiger partial charge in [0, 0.05) is 18.5 Å². The molecule has 0 aliphatic carbocycles. The molecule has 1 aromatic carbocycles. The van der Waals surface area contributed by atoms with Gasteiger partial charge in [0.25, 0.3) is 0 Å². The molecule has 0 aromatic heterocycles. The van der Waals surface area contributed by atoms with Gasteiger partial charge in [0.05, 0.1) is 6.61 Å². The quantitative estimate of drug-likeness (QED) is 0.717. The molecule has 0 aliphatic heterocycles. The van der Waals surface area contributed by atoms with Crippen LogP contribution in [0.5, 0.6) is 5.75 Å². The van der Waals surface area contributed by atoms with E-state index in [1.54, 1.807) is 24.3 Å². The second-order valence-electron chi connectivity index (χ2n) is 5.02. The van der Waals surface area contributed by atoms with Crippen LogP contribution in [0, 0.1) is 5.92 Å². The minimum atomic E-state index is -0.822. The first-order valence-corrected chi connectivity index (χ1v) is 6.72. The molecule has 0 fully saturated rings. The number of carboxylic acid groups (broad SMARTS) is 1. The minimum Gasteiger partial charge on any atom is -0.494 e. The first kappa shape index (κ1) is 16.0. The number of hydrogen-bond donors (Lipinski definition) is 2. The number of nitrogens with one attached hydrogen (secondary N) is 1. The average Bonchev–Trinajstić information content (AvgIpc) is 2.35. The first-order chi connectivity index (χ1) is 9.47. The Bertz CT molecular complexity index is 440. The van der Waals surface area contributed by atoms with Crippen LogP contribution in [0.25, 0.3) is 0 Å². The molecule has 110 valence electrons. The molecular weight excluding hydrogens is 258 g/mol. The van der Waals surface area contributed by atoms with E-state index in [-0.39, 0.29) is 12.3 Å². The molecule has 1 rings (SSSR count). The van der Waals surface area contributed by atoms with Crippen molar-refractivity contribution in [2.24, 2.45) is 5.92 Å². The number of anilines is 1. The van der Waals surface area contributed by atoms with Gasteiger partial charge >= 0.3 is 5.97 Å². The molecule has 2 N–H and O–H groups in total. The van der Waals surface area contributed by atoms with Gasteiger partial charge in [-0.15, -0.1) is 0 Å². The Hall–Kier alpha value is -2.04. The molecule has 0 spiro atoms. The van der Waals surface area contributed by atoms with E-state index in [0.29, 0.717) is 31.1 Å². The second kappa shape index (κ2) is 8.19. The Labute approximate surface area is 118 Å². The Kier molecular flexibility index (Phi) is 6.56. The molecule has 20 heavy (non-hydrogen) atoms. The number of hydrogen-bond acceptors (Lipinski definition) is 3. The fourth-order valence-electron chi connectivity index (χ4n) is 1.63. The van der Waals surface area contributed by atoms with Gasteiger partial charge < -0.3 is 15.2 Å². The molecule has 0 saturated carbocycles. The number of ether oxygens (including phenoxy) is 1. The van der Waals surface area contributed by atoms with Gasteiger partial charge in [-0.1, -0.05) is 13.8 Å². The van der Waals surface area contributed by atoms with Gasteiger partial charge in [0.2, 0.25) is 5.91 Å². The van der Waals surface area contributed by atoms with Crippen LogP contribution >= 0.6 is 0 Å². The van der Waals surface area contributed by atoms with E-state index in [1.807, 2.05) is 13.8 Å². The summed E-state index contributed by atoms with van der Waals surface area (Å²) in [6.07, 6.45) is 1.07. The Balaban J connectivity index is 2.36. The van der Waals surface area contributed by atoms with Crippen molar-refractivity contribution in [3.8, 4) is 5.75 Å². The Morgan fingerprint density at radius 1 is 1.25 bits per heavy atom. The van der Waals surface area contributed by atoms with E-state index >= 15 is 0 Å². The van der Waals surface area contributed by atoms with Gasteiger partial charge in [-0.05, 0) is 36.6 Å². The summed E-state index contributed by atoms with van der Waals surface area (Å²) < 4.78 is 5.40. The number of rotatable bonds is 8. The molecule has 0 atom stereocenters. The Morgan fingerprint density at radius 2 is 1.90 bits per heavy atom. The van der Waals surface area contributed by atoms with Crippen molar-refractivity contribution in [1.29, 1.82) is 0 Å². The summed E-state index contributed by atoms with van der Waals surface area (Å²) in [4.78, 5) is 21.9. The van der Waals surface area contributed by atoms with E-state index in [9.17, 15) is 9.59 Å². The van der Waals surface area contributed by atoms with Crippen molar-refractivity contribution >= 4 is 17.6 Å². The SMILES string of the molecule is CC(C)CC(=O)Nc1ccc(OCCCC(=O)O)cc1. The van der Waals surface area contributed by atoms with Crippen LogP contribution in [-0.2, 0) is 9.59 Å². The predicted octanol–water partition coefficient (Wildman–Crippen LogP) is 2.91. The van der Waals surface area contributed by atoms with E-state index in [2.05, 4.69) is 5.32 Å². The molecule has 5 heteroatoms. The van der Waals surface area contributed by atoms with Crippen LogP contribution in [0.1, 0.15) is 33.1 Å². The fourth-order valence-corrected chi connectivity index (χ4v) is 1.63. The third-order valence-corrected chi connectivity index (χ3v) is 2.54. The van der Waals surface area contributed by atoms with Crippen molar-refractivity contribution < 1.29 is 19.4 Å². The summed E-state index contributed by atoms with van der Waals surface area (Å²) in [5.74, 6) is 0.163. The molecule has 1 amide bonds. The standard InChI is InChI=1S/C15H21NO4/c1-11(2)10-14(17)16-12-5-7-13(8-6-12)20-9-3-4-15(18)19/h5-8,11H,3-4,9-10H2,1-2H3,(H,16,17)(H,18,19). The molecular formula is C15H21NO4. The minimum absolute atomic E-state index is 0.00451. The van der Waals surface area contributed by atoms with Crippen molar-refractivity contribution in [3.63, 3.8) is 0 Å². The first-order valence-electron chi connectivity index (χ1n) is 6.72. The lowest BCUT2D eigenvalue weighted by Gasteiger charge is -2.09. The number of aliphatic carboxylic acids is 1. The highest BCUT2D eigenvalue weighted by Crippen LogP contribution is 2.16. The third-order valence-electron chi connectivity index (χ3n) is 2.54. The van der Waals surface area contributed by atoms with Crippen molar-refractivity contribution in [2.75, 3.05) is 11.9 Å². The zero-order valence-corrected chi connectivity index (χ0v) is 11.9. The summed E-state index contributed by atoms with van der Waals surface area (Å²) in [5.41, 5.74) is 0.730. The van der Waals surface area contributed by atoms with E-state index in [1.165, 1.54) is 0 Å². The average molecular weight is 279 g/mol. The number of amides is 1. The maximum atomic E-state index is 11.6. The van der Waals surface area contributed by atoms with Gasteiger partial charge in [0.1, 0.15) is 5.75 Å². The zero-order valence-electron chi connectivity index (χ0n) is 11.9. The molecule has 5 nitrogen and oxygen atoms in total. The lowest BCUT2D eigenvalue weighted by Crippen LogP contribution is -2.13. The number of carbonyl (C=O) groups excluding carboxylic acids is 1. The number of benzene rings is 1. The van der Waals surface area contributed by atoms with Crippen LogP contribution in [0.3, 0.4) is 0 Å². The highest BCUT2D eigenvalue weighted by atomic mass is 16.5. The van der Waals surface area contributed by atoms with Crippen LogP contribution in [-0.4, -0.2) is 23.6 Å². The normalized spacial score (nSPS) is 10.3. The number of carbonyl (C=O) groups is 2. The van der Waals surface area contributed by atoms with Gasteiger partial charge in [-0.25, -0.2) is 0 Å². The van der Waals surface area contributed by atoms with Crippen molar-refractivity contribution in [1.82, 2.24) is 0 Å². The monoisotopic (exact) mass is 279 g/mol. The fraction of sp³-hybridized carbons (Fsp3) is 0.467. The maximum Gasteiger partial charge on any atom is 0.303 e. The van der Waals surface area contributed by atoms with E-state index in [4.69, 9.17) is 9.84 Å². The van der Waals surface area contributed by atoms with Gasteiger partial charge in [-0.3, -0.25) is 9.59 Å². The van der Waals surface area contributed by atoms with E-state index < -0.39 is 5.97 Å². The number of carboxylic acids is 1. The van der Waals surface area contributed by atoms with E-state index in [0.717, 1.165) is 5.69 Å². The lowest BCUT2D eigenvalue weighted by atomic mass is 10.1. The highest BCUT2D eigenvalue weighted by Gasteiger charge is 2.05. The molecule has 0 radical (unpaired) electrons. The molecule has 0 bridgehead atoms. The largest absolute Gasteiger partial charge is 0.494 e. The summed E-state index contributed by atoms with van der Waals surface area (Å²) >= 11 is 0.